The van der Waals surface area contributed by atoms with Crippen LogP contribution < -0.4 is 10.1 Å². The number of ether oxygens (including phenoxy) is 1. The van der Waals surface area contributed by atoms with Crippen LogP contribution in [0.5, 0.6) is 5.75 Å². The van der Waals surface area contributed by atoms with E-state index < -0.39 is 21.8 Å². The highest BCUT2D eigenvalue weighted by molar-refractivity contribution is 7.89. The molecular weight excluding hydrogens is 487 g/mol. The van der Waals surface area contributed by atoms with E-state index in [1.807, 2.05) is 26.0 Å². The van der Waals surface area contributed by atoms with Crippen molar-refractivity contribution in [3.63, 3.8) is 0 Å². The standard InChI is InChI=1S/C25H29FN4O5S/c1-16(2)25-28-23(29-35-25)13-17-6-9-20(10-7-17)27-24(31)18-5-4-12-30(15-18)36(32,33)22-14-19(26)8-11-21(22)34-3/h6-11,14,16,18H,4-5,12-13,15H2,1-3H3,(H,27,31). The first kappa shape index (κ1) is 25.8. The zero-order valence-corrected chi connectivity index (χ0v) is 21.2. The van der Waals surface area contributed by atoms with E-state index in [2.05, 4.69) is 15.5 Å². The average Bonchev–Trinajstić information content (AvgIpc) is 3.34. The molecule has 0 aliphatic carbocycles. The maximum absolute atomic E-state index is 13.8. The molecule has 1 atom stereocenters. The largest absolute Gasteiger partial charge is 0.495 e. The van der Waals surface area contributed by atoms with Crippen LogP contribution in [-0.2, 0) is 21.2 Å². The number of carbonyl (C=O) groups excluding carboxylic acids is 1. The maximum Gasteiger partial charge on any atom is 0.246 e. The van der Waals surface area contributed by atoms with E-state index in [0.29, 0.717) is 36.7 Å². The molecule has 1 unspecified atom stereocenters. The molecule has 1 aliphatic rings. The Morgan fingerprint density at radius 2 is 2.00 bits per heavy atom. The Morgan fingerprint density at radius 1 is 1.25 bits per heavy atom. The van der Waals surface area contributed by atoms with Crippen LogP contribution in [-0.4, -0.2) is 49.0 Å². The number of halogens is 1. The van der Waals surface area contributed by atoms with Crippen LogP contribution in [0.1, 0.15) is 49.9 Å². The molecule has 1 aliphatic heterocycles. The van der Waals surface area contributed by atoms with Gasteiger partial charge in [-0.05, 0) is 48.7 Å². The highest BCUT2D eigenvalue weighted by atomic mass is 32.2. The van der Waals surface area contributed by atoms with Crippen molar-refractivity contribution in [2.75, 3.05) is 25.5 Å². The highest BCUT2D eigenvalue weighted by Gasteiger charge is 2.35. The lowest BCUT2D eigenvalue weighted by molar-refractivity contribution is -0.120. The summed E-state index contributed by atoms with van der Waals surface area (Å²) in [4.78, 5) is 17.1. The Morgan fingerprint density at radius 3 is 2.67 bits per heavy atom. The number of hydrogen-bond donors (Lipinski definition) is 1. The second-order valence-electron chi connectivity index (χ2n) is 9.06. The molecule has 192 valence electrons. The molecule has 1 saturated heterocycles. The van der Waals surface area contributed by atoms with Crippen LogP contribution in [0.3, 0.4) is 0 Å². The summed E-state index contributed by atoms with van der Waals surface area (Å²) in [5.74, 6) is -0.0871. The predicted molar refractivity (Wildman–Crippen MR) is 131 cm³/mol. The molecule has 1 fully saturated rings. The number of anilines is 1. The molecule has 9 nitrogen and oxygen atoms in total. The number of carbonyl (C=O) groups is 1. The third-order valence-corrected chi connectivity index (χ3v) is 7.95. The van der Waals surface area contributed by atoms with Gasteiger partial charge in [0.05, 0.1) is 13.0 Å². The van der Waals surface area contributed by atoms with Crippen molar-refractivity contribution in [2.45, 2.75) is 43.9 Å². The first-order chi connectivity index (χ1) is 17.2. The van der Waals surface area contributed by atoms with Crippen LogP contribution in [0.25, 0.3) is 0 Å². The fourth-order valence-corrected chi connectivity index (χ4v) is 5.76. The molecule has 4 rings (SSSR count). The summed E-state index contributed by atoms with van der Waals surface area (Å²) >= 11 is 0. The van der Waals surface area contributed by atoms with Crippen molar-refractivity contribution in [3.8, 4) is 5.75 Å². The van der Waals surface area contributed by atoms with Gasteiger partial charge in [-0.1, -0.05) is 31.1 Å². The van der Waals surface area contributed by atoms with E-state index in [4.69, 9.17) is 9.26 Å². The molecule has 1 amide bonds. The number of methoxy groups -OCH3 is 1. The summed E-state index contributed by atoms with van der Waals surface area (Å²) in [5.41, 5.74) is 1.56. The van der Waals surface area contributed by atoms with Crippen molar-refractivity contribution >= 4 is 21.6 Å². The minimum atomic E-state index is -4.04. The van der Waals surface area contributed by atoms with E-state index in [9.17, 15) is 17.6 Å². The number of amides is 1. The third kappa shape index (κ3) is 5.73. The molecule has 11 heteroatoms. The van der Waals surface area contributed by atoms with Crippen LogP contribution >= 0.6 is 0 Å². The number of nitrogens with zero attached hydrogens (tertiary/aromatic N) is 3. The van der Waals surface area contributed by atoms with E-state index in [1.54, 1.807) is 12.1 Å². The molecule has 0 radical (unpaired) electrons. The smallest absolute Gasteiger partial charge is 0.246 e. The normalized spacial score (nSPS) is 16.8. The van der Waals surface area contributed by atoms with E-state index in [0.717, 1.165) is 17.7 Å². The Kier molecular flexibility index (Phi) is 7.70. The van der Waals surface area contributed by atoms with Gasteiger partial charge in [0.2, 0.25) is 21.8 Å². The summed E-state index contributed by atoms with van der Waals surface area (Å²) in [5, 5.41) is 6.86. The van der Waals surface area contributed by atoms with Gasteiger partial charge in [-0.25, -0.2) is 12.8 Å². The maximum atomic E-state index is 13.8. The van der Waals surface area contributed by atoms with E-state index in [1.165, 1.54) is 17.5 Å². The van der Waals surface area contributed by atoms with Crippen LogP contribution in [0.4, 0.5) is 10.1 Å². The predicted octanol–water partition coefficient (Wildman–Crippen LogP) is 3.97. The Hall–Kier alpha value is -3.31. The van der Waals surface area contributed by atoms with Crippen molar-refractivity contribution in [2.24, 2.45) is 5.92 Å². The Balaban J connectivity index is 1.40. The quantitative estimate of drug-likeness (QED) is 0.482. The second-order valence-corrected chi connectivity index (χ2v) is 11.0. The zero-order valence-electron chi connectivity index (χ0n) is 20.4. The molecule has 36 heavy (non-hydrogen) atoms. The highest BCUT2D eigenvalue weighted by Crippen LogP contribution is 2.31. The summed E-state index contributed by atoms with van der Waals surface area (Å²) in [7, 11) is -2.71. The van der Waals surface area contributed by atoms with Crippen LogP contribution in [0, 0.1) is 11.7 Å². The van der Waals surface area contributed by atoms with Crippen molar-refractivity contribution in [3.05, 3.63) is 65.6 Å². The van der Waals surface area contributed by atoms with Gasteiger partial charge < -0.3 is 14.6 Å². The first-order valence-corrected chi connectivity index (χ1v) is 13.2. The van der Waals surface area contributed by atoms with Crippen molar-refractivity contribution in [1.82, 2.24) is 14.4 Å². The SMILES string of the molecule is COc1ccc(F)cc1S(=O)(=O)N1CCCC(C(=O)Nc2ccc(Cc3noc(C(C)C)n3)cc2)C1. The van der Waals surface area contributed by atoms with Gasteiger partial charge in [0.15, 0.2) is 5.82 Å². The van der Waals surface area contributed by atoms with Gasteiger partial charge in [0.1, 0.15) is 16.5 Å². The molecule has 1 N–H and O–H groups in total. The van der Waals surface area contributed by atoms with Gasteiger partial charge in [0.25, 0.3) is 0 Å². The monoisotopic (exact) mass is 516 g/mol. The summed E-state index contributed by atoms with van der Waals surface area (Å²) in [6.07, 6.45) is 1.56. The molecule has 0 saturated carbocycles. The van der Waals surface area contributed by atoms with E-state index in [-0.39, 0.29) is 35.6 Å². The van der Waals surface area contributed by atoms with Gasteiger partial charge in [-0.15, -0.1) is 0 Å². The van der Waals surface area contributed by atoms with Gasteiger partial charge in [-0.2, -0.15) is 9.29 Å². The van der Waals surface area contributed by atoms with Crippen molar-refractivity contribution < 1.29 is 26.9 Å². The lowest BCUT2D eigenvalue weighted by Gasteiger charge is -2.31. The number of hydrogen-bond acceptors (Lipinski definition) is 7. The Labute approximate surface area is 209 Å². The number of piperidine rings is 1. The summed E-state index contributed by atoms with van der Waals surface area (Å²) in [6, 6.07) is 10.7. The molecule has 3 aromatic rings. The minimum Gasteiger partial charge on any atom is -0.495 e. The summed E-state index contributed by atoms with van der Waals surface area (Å²) in [6.45, 7) is 4.21. The number of benzene rings is 2. The zero-order chi connectivity index (χ0) is 25.9. The molecule has 1 aromatic heterocycles. The average molecular weight is 517 g/mol. The molecule has 2 heterocycles. The second kappa shape index (κ2) is 10.8. The lowest BCUT2D eigenvalue weighted by atomic mass is 9.98. The fourth-order valence-electron chi connectivity index (χ4n) is 4.07. The summed E-state index contributed by atoms with van der Waals surface area (Å²) < 4.78 is 51.8. The molecule has 2 aromatic carbocycles. The third-order valence-electron chi connectivity index (χ3n) is 6.06. The Bertz CT molecular complexity index is 1320. The fraction of sp³-hybridized carbons (Fsp3) is 0.400. The van der Waals surface area contributed by atoms with Crippen LogP contribution in [0.2, 0.25) is 0 Å². The topological polar surface area (TPSA) is 115 Å². The van der Waals surface area contributed by atoms with E-state index >= 15 is 0 Å². The van der Waals surface area contributed by atoms with Crippen molar-refractivity contribution in [1.29, 1.82) is 0 Å². The minimum absolute atomic E-state index is 0.00192. The number of nitrogens with one attached hydrogen (secondary N) is 1. The molecule has 0 spiro atoms. The number of aromatic nitrogens is 2. The van der Waals surface area contributed by atoms with Crippen LogP contribution in [0.15, 0.2) is 51.9 Å². The van der Waals surface area contributed by atoms with Gasteiger partial charge >= 0.3 is 0 Å². The lowest BCUT2D eigenvalue weighted by Crippen LogP contribution is -2.43. The number of rotatable bonds is 8. The van der Waals surface area contributed by atoms with Gasteiger partial charge in [0, 0.05) is 31.1 Å². The van der Waals surface area contributed by atoms with Gasteiger partial charge in [-0.3, -0.25) is 4.79 Å². The molecular formula is C25H29FN4O5S. The first-order valence-electron chi connectivity index (χ1n) is 11.7. The molecule has 0 bridgehead atoms. The number of sulfonamides is 1.